The molecule has 0 aromatic heterocycles. The van der Waals surface area contributed by atoms with Gasteiger partial charge in [-0.1, -0.05) is 30.3 Å². The summed E-state index contributed by atoms with van der Waals surface area (Å²) in [6, 6.07) is 9.71. The minimum Gasteiger partial charge on any atom is -0.458 e. The highest BCUT2D eigenvalue weighted by Crippen LogP contribution is 2.33. The first-order chi connectivity index (χ1) is 9.72. The van der Waals surface area contributed by atoms with Gasteiger partial charge in [0.15, 0.2) is 0 Å². The maximum Gasteiger partial charge on any atom is 0.332 e. The number of nitrogens with zero attached hydrogens (tertiary/aromatic N) is 1. The molecular formula is C17H23NO3. The smallest absolute Gasteiger partial charge is 0.332 e. The third-order valence-corrected chi connectivity index (χ3v) is 3.74. The summed E-state index contributed by atoms with van der Waals surface area (Å²) in [7, 11) is 0. The van der Waals surface area contributed by atoms with Gasteiger partial charge in [0.25, 0.3) is 0 Å². The molecule has 4 nitrogen and oxygen atoms in total. The quantitative estimate of drug-likeness (QED) is 0.804. The Bertz CT molecular complexity index is 533. The first kappa shape index (κ1) is 15.5. The Morgan fingerprint density at radius 2 is 1.90 bits per heavy atom. The zero-order valence-corrected chi connectivity index (χ0v) is 13.2. The van der Waals surface area contributed by atoms with E-state index in [1.807, 2.05) is 51.1 Å². The van der Waals surface area contributed by atoms with E-state index in [1.54, 1.807) is 11.8 Å². The molecule has 0 aliphatic carbocycles. The van der Waals surface area contributed by atoms with Crippen molar-refractivity contribution in [3.63, 3.8) is 0 Å². The van der Waals surface area contributed by atoms with Crippen LogP contribution in [0.1, 0.15) is 46.1 Å². The molecule has 1 aliphatic heterocycles. The number of amides is 1. The highest BCUT2D eigenvalue weighted by atomic mass is 16.6. The zero-order valence-electron chi connectivity index (χ0n) is 13.2. The molecule has 1 saturated heterocycles. The van der Waals surface area contributed by atoms with Crippen molar-refractivity contribution in [3.8, 4) is 0 Å². The number of ether oxygens (including phenoxy) is 1. The van der Waals surface area contributed by atoms with Crippen molar-refractivity contribution in [1.29, 1.82) is 0 Å². The number of hydrogen-bond acceptors (Lipinski definition) is 3. The van der Waals surface area contributed by atoms with Crippen LogP contribution in [0.2, 0.25) is 0 Å². The predicted octanol–water partition coefficient (Wildman–Crippen LogP) is 2.91. The van der Waals surface area contributed by atoms with Crippen LogP contribution in [0.25, 0.3) is 0 Å². The molecule has 1 aromatic carbocycles. The van der Waals surface area contributed by atoms with Crippen molar-refractivity contribution < 1.29 is 14.3 Å². The molecule has 2 rings (SSSR count). The van der Waals surface area contributed by atoms with Crippen molar-refractivity contribution in [2.45, 2.75) is 58.2 Å². The fourth-order valence-electron chi connectivity index (χ4n) is 2.52. The number of esters is 1. The van der Waals surface area contributed by atoms with Gasteiger partial charge in [-0.2, -0.15) is 0 Å². The van der Waals surface area contributed by atoms with E-state index in [4.69, 9.17) is 4.74 Å². The van der Waals surface area contributed by atoms with Crippen LogP contribution in [0, 0.1) is 0 Å². The lowest BCUT2D eigenvalue weighted by atomic mass is 9.98. The normalized spacial score (nSPS) is 22.5. The average molecular weight is 289 g/mol. The van der Waals surface area contributed by atoms with Crippen LogP contribution in [0.15, 0.2) is 30.3 Å². The lowest BCUT2D eigenvalue weighted by molar-refractivity contribution is -0.169. The summed E-state index contributed by atoms with van der Waals surface area (Å²) in [5.74, 6) is -0.316. The van der Waals surface area contributed by atoms with Crippen molar-refractivity contribution in [2.24, 2.45) is 0 Å². The van der Waals surface area contributed by atoms with Gasteiger partial charge in [-0.15, -0.1) is 0 Å². The van der Waals surface area contributed by atoms with E-state index in [0.717, 1.165) is 5.56 Å². The topological polar surface area (TPSA) is 46.6 Å². The van der Waals surface area contributed by atoms with E-state index in [9.17, 15) is 9.59 Å². The van der Waals surface area contributed by atoms with Crippen LogP contribution in [0.3, 0.4) is 0 Å². The molecule has 4 heteroatoms. The van der Waals surface area contributed by atoms with E-state index in [1.165, 1.54) is 0 Å². The van der Waals surface area contributed by atoms with Crippen LogP contribution in [0.4, 0.5) is 0 Å². The molecule has 1 aliphatic rings. The van der Waals surface area contributed by atoms with Crippen LogP contribution >= 0.6 is 0 Å². The monoisotopic (exact) mass is 289 g/mol. The molecule has 0 N–H and O–H groups in total. The Balaban J connectivity index is 2.21. The highest BCUT2D eigenvalue weighted by molar-refractivity contribution is 5.91. The largest absolute Gasteiger partial charge is 0.458 e. The van der Waals surface area contributed by atoms with E-state index < -0.39 is 11.1 Å². The van der Waals surface area contributed by atoms with Crippen molar-refractivity contribution in [3.05, 3.63) is 35.9 Å². The van der Waals surface area contributed by atoms with Gasteiger partial charge in [0.1, 0.15) is 11.1 Å². The van der Waals surface area contributed by atoms with Crippen LogP contribution in [-0.2, 0) is 20.9 Å². The number of hydrogen-bond donors (Lipinski definition) is 0. The zero-order chi connectivity index (χ0) is 15.7. The molecule has 1 atom stereocenters. The average Bonchev–Trinajstić information content (AvgIpc) is 2.68. The molecule has 1 amide bonds. The maximum atomic E-state index is 12.5. The third kappa shape index (κ3) is 3.43. The molecule has 1 fully saturated rings. The fourth-order valence-corrected chi connectivity index (χ4v) is 2.52. The summed E-state index contributed by atoms with van der Waals surface area (Å²) in [4.78, 5) is 26.3. The van der Waals surface area contributed by atoms with Gasteiger partial charge in [0.2, 0.25) is 5.91 Å². The van der Waals surface area contributed by atoms with Gasteiger partial charge in [0.05, 0.1) is 0 Å². The van der Waals surface area contributed by atoms with Crippen LogP contribution in [0.5, 0.6) is 0 Å². The van der Waals surface area contributed by atoms with Crippen LogP contribution in [-0.4, -0.2) is 27.9 Å². The SMILES string of the molecule is CC(C)(C)OC(=O)[C@]1(C)CCC(=O)N1Cc1ccccc1. The lowest BCUT2D eigenvalue weighted by Gasteiger charge is -2.35. The summed E-state index contributed by atoms with van der Waals surface area (Å²) in [5.41, 5.74) is -0.410. The van der Waals surface area contributed by atoms with Gasteiger partial charge in [-0.3, -0.25) is 4.79 Å². The Morgan fingerprint density at radius 1 is 1.29 bits per heavy atom. The summed E-state index contributed by atoms with van der Waals surface area (Å²) in [6.45, 7) is 7.76. The standard InChI is InChI=1S/C17H23NO3/c1-16(2,3)21-15(20)17(4)11-10-14(19)18(17)12-13-8-6-5-7-9-13/h5-9H,10-12H2,1-4H3/t17-/m0/s1. The van der Waals surface area contributed by atoms with Crippen LogP contribution < -0.4 is 0 Å². The molecule has 0 spiro atoms. The van der Waals surface area contributed by atoms with Crippen molar-refractivity contribution in [2.75, 3.05) is 0 Å². The fraction of sp³-hybridized carbons (Fsp3) is 0.529. The second-order valence-corrected chi connectivity index (χ2v) is 6.74. The molecule has 0 radical (unpaired) electrons. The molecule has 1 aromatic rings. The Kier molecular flexibility index (Phi) is 4.08. The maximum absolute atomic E-state index is 12.5. The number of carbonyl (C=O) groups is 2. The van der Waals surface area contributed by atoms with E-state index in [0.29, 0.717) is 19.4 Å². The van der Waals surface area contributed by atoms with Gasteiger partial charge in [0, 0.05) is 13.0 Å². The van der Waals surface area contributed by atoms with Gasteiger partial charge in [-0.05, 0) is 39.7 Å². The first-order valence-electron chi connectivity index (χ1n) is 7.30. The number of benzene rings is 1. The summed E-state index contributed by atoms with van der Waals surface area (Å²) in [5, 5.41) is 0. The summed E-state index contributed by atoms with van der Waals surface area (Å²) >= 11 is 0. The molecule has 0 unspecified atom stereocenters. The second-order valence-electron chi connectivity index (χ2n) is 6.74. The number of rotatable bonds is 3. The Morgan fingerprint density at radius 3 is 2.48 bits per heavy atom. The summed E-state index contributed by atoms with van der Waals surface area (Å²) < 4.78 is 5.51. The third-order valence-electron chi connectivity index (χ3n) is 3.74. The lowest BCUT2D eigenvalue weighted by Crippen LogP contribution is -2.51. The molecular weight excluding hydrogens is 266 g/mol. The predicted molar refractivity (Wildman–Crippen MR) is 80.5 cm³/mol. The van der Waals surface area contributed by atoms with E-state index in [2.05, 4.69) is 0 Å². The molecule has 114 valence electrons. The molecule has 1 heterocycles. The van der Waals surface area contributed by atoms with Crippen molar-refractivity contribution >= 4 is 11.9 Å². The van der Waals surface area contributed by atoms with Crippen molar-refractivity contribution in [1.82, 2.24) is 4.90 Å². The van der Waals surface area contributed by atoms with Gasteiger partial charge < -0.3 is 9.64 Å². The van der Waals surface area contributed by atoms with E-state index in [-0.39, 0.29) is 11.9 Å². The minimum absolute atomic E-state index is 0.00668. The number of carbonyl (C=O) groups excluding carboxylic acids is 2. The molecule has 0 saturated carbocycles. The summed E-state index contributed by atoms with van der Waals surface area (Å²) in [6.07, 6.45) is 0.899. The van der Waals surface area contributed by atoms with E-state index >= 15 is 0 Å². The number of likely N-dealkylation sites (tertiary alicyclic amines) is 1. The Labute approximate surface area is 126 Å². The minimum atomic E-state index is -0.875. The van der Waals surface area contributed by atoms with Gasteiger partial charge >= 0.3 is 5.97 Å². The second kappa shape index (κ2) is 5.51. The molecule has 21 heavy (non-hydrogen) atoms. The Hall–Kier alpha value is -1.84. The van der Waals surface area contributed by atoms with Gasteiger partial charge in [-0.25, -0.2) is 4.79 Å². The first-order valence-corrected chi connectivity index (χ1v) is 7.30. The highest BCUT2D eigenvalue weighted by Gasteiger charge is 2.49. The molecule has 0 bridgehead atoms.